The minimum atomic E-state index is -0.508. The quantitative estimate of drug-likeness (QED) is 0.584. The summed E-state index contributed by atoms with van der Waals surface area (Å²) in [7, 11) is 0. The summed E-state index contributed by atoms with van der Waals surface area (Å²) >= 11 is 10.5. The summed E-state index contributed by atoms with van der Waals surface area (Å²) in [4.78, 5) is 11.7. The molecule has 0 radical (unpaired) electrons. The van der Waals surface area contributed by atoms with Crippen molar-refractivity contribution in [2.75, 3.05) is 0 Å². The number of hydrogen-bond acceptors (Lipinski definition) is 3. The molecule has 122 valence electrons. The van der Waals surface area contributed by atoms with E-state index in [9.17, 15) is 9.18 Å². The minimum Gasteiger partial charge on any atom is -0.460 e. The van der Waals surface area contributed by atoms with Gasteiger partial charge in [0.05, 0.1) is 5.25 Å². The van der Waals surface area contributed by atoms with Crippen LogP contribution in [0.1, 0.15) is 29.7 Å². The second-order valence-corrected chi connectivity index (χ2v) is 6.21. The highest BCUT2D eigenvalue weighted by Gasteiger charge is 2.24. The molecule has 0 bridgehead atoms. The Morgan fingerprint density at radius 3 is 2.57 bits per heavy atom. The number of carbonyl (C=O) groups is 1. The van der Waals surface area contributed by atoms with Crippen molar-refractivity contribution in [1.82, 2.24) is 0 Å². The molecule has 0 aromatic heterocycles. The topological polar surface area (TPSA) is 26.3 Å². The lowest BCUT2D eigenvalue weighted by molar-refractivity contribution is -0.148. The van der Waals surface area contributed by atoms with Crippen LogP contribution in [0.15, 0.2) is 48.5 Å². The minimum absolute atomic E-state index is 0.274. The van der Waals surface area contributed by atoms with Gasteiger partial charge in [0.15, 0.2) is 0 Å². The third-order valence-electron chi connectivity index (χ3n) is 3.43. The summed E-state index contributed by atoms with van der Waals surface area (Å²) in [5.74, 6) is -0.751. The number of esters is 1. The van der Waals surface area contributed by atoms with Crippen LogP contribution in [0.25, 0.3) is 0 Å². The molecular formula is C18H18ClFO2S. The van der Waals surface area contributed by atoms with E-state index in [1.165, 1.54) is 12.1 Å². The van der Waals surface area contributed by atoms with Crippen molar-refractivity contribution in [3.63, 3.8) is 0 Å². The molecule has 2 nitrogen and oxygen atoms in total. The van der Waals surface area contributed by atoms with Crippen LogP contribution in [-0.2, 0) is 16.0 Å². The largest absolute Gasteiger partial charge is 0.460 e. The van der Waals surface area contributed by atoms with Gasteiger partial charge in [-0.3, -0.25) is 4.79 Å². The van der Waals surface area contributed by atoms with Crippen molar-refractivity contribution in [3.05, 3.63) is 70.5 Å². The van der Waals surface area contributed by atoms with E-state index >= 15 is 0 Å². The van der Waals surface area contributed by atoms with Crippen LogP contribution in [0.4, 0.5) is 4.39 Å². The molecule has 2 atom stereocenters. The molecule has 0 N–H and O–H groups in total. The number of thiol groups is 1. The highest BCUT2D eigenvalue weighted by Crippen LogP contribution is 2.31. The van der Waals surface area contributed by atoms with Crippen LogP contribution in [0, 0.1) is 5.82 Å². The molecule has 0 saturated carbocycles. The molecule has 0 saturated heterocycles. The van der Waals surface area contributed by atoms with E-state index in [2.05, 4.69) is 12.6 Å². The smallest absolute Gasteiger partial charge is 0.305 e. The standard InChI is InChI=1S/C18H18ClFO2S/c1-2-17(21)22-16(8-12-6-4-3-5-7-12)18(23)13-9-14(19)11-15(20)10-13/h3-7,9-11,16,18,23H,2,8H2,1H3. The molecule has 23 heavy (non-hydrogen) atoms. The van der Waals surface area contributed by atoms with Gasteiger partial charge in [0, 0.05) is 17.9 Å². The van der Waals surface area contributed by atoms with Crippen LogP contribution < -0.4 is 0 Å². The summed E-state index contributed by atoms with van der Waals surface area (Å²) in [6.07, 6.45) is 0.260. The third kappa shape index (κ3) is 5.26. The molecule has 2 aromatic rings. The van der Waals surface area contributed by atoms with Crippen molar-refractivity contribution in [2.45, 2.75) is 31.1 Å². The first-order valence-electron chi connectivity index (χ1n) is 7.37. The van der Waals surface area contributed by atoms with E-state index in [0.717, 1.165) is 5.56 Å². The number of hydrogen-bond donors (Lipinski definition) is 1. The molecule has 2 rings (SSSR count). The van der Waals surface area contributed by atoms with Crippen molar-refractivity contribution in [2.24, 2.45) is 0 Å². The summed E-state index contributed by atoms with van der Waals surface area (Å²) in [6.45, 7) is 1.73. The fourth-order valence-electron chi connectivity index (χ4n) is 2.28. The van der Waals surface area contributed by atoms with Crippen molar-refractivity contribution in [3.8, 4) is 0 Å². The number of ether oxygens (including phenoxy) is 1. The molecule has 5 heteroatoms. The molecule has 2 unspecified atom stereocenters. The molecule has 0 aliphatic heterocycles. The highest BCUT2D eigenvalue weighted by molar-refractivity contribution is 7.80. The van der Waals surface area contributed by atoms with Gasteiger partial charge in [-0.2, -0.15) is 12.6 Å². The Hall–Kier alpha value is -1.52. The number of halogens is 2. The van der Waals surface area contributed by atoms with Gasteiger partial charge in [0.2, 0.25) is 0 Å². The van der Waals surface area contributed by atoms with Gasteiger partial charge in [0.25, 0.3) is 0 Å². The summed E-state index contributed by atoms with van der Waals surface area (Å²) in [6, 6.07) is 13.9. The highest BCUT2D eigenvalue weighted by atomic mass is 35.5. The Bertz CT molecular complexity index is 643. The van der Waals surface area contributed by atoms with Crippen LogP contribution in [0.3, 0.4) is 0 Å². The van der Waals surface area contributed by atoms with Gasteiger partial charge in [-0.1, -0.05) is 48.9 Å². The second-order valence-electron chi connectivity index (χ2n) is 5.22. The maximum absolute atomic E-state index is 13.6. The van der Waals surface area contributed by atoms with Crippen LogP contribution in [-0.4, -0.2) is 12.1 Å². The van der Waals surface area contributed by atoms with Gasteiger partial charge >= 0.3 is 5.97 Å². The van der Waals surface area contributed by atoms with Crippen LogP contribution in [0.2, 0.25) is 5.02 Å². The van der Waals surface area contributed by atoms with Gasteiger partial charge in [-0.15, -0.1) is 0 Å². The van der Waals surface area contributed by atoms with Gasteiger partial charge in [-0.25, -0.2) is 4.39 Å². The normalized spacial score (nSPS) is 13.4. The van der Waals surface area contributed by atoms with E-state index in [4.69, 9.17) is 16.3 Å². The van der Waals surface area contributed by atoms with Crippen LogP contribution >= 0.6 is 24.2 Å². The number of carbonyl (C=O) groups excluding carboxylic acids is 1. The Labute approximate surface area is 146 Å². The fraction of sp³-hybridized carbons (Fsp3) is 0.278. The maximum Gasteiger partial charge on any atom is 0.305 e. The van der Waals surface area contributed by atoms with E-state index in [1.807, 2.05) is 30.3 Å². The molecule has 0 fully saturated rings. The molecule has 0 amide bonds. The molecule has 0 aliphatic carbocycles. The number of benzene rings is 2. The van der Waals surface area contributed by atoms with Crippen LogP contribution in [0.5, 0.6) is 0 Å². The first-order valence-corrected chi connectivity index (χ1v) is 8.26. The van der Waals surface area contributed by atoms with Crippen molar-refractivity contribution >= 4 is 30.2 Å². The van der Waals surface area contributed by atoms with E-state index < -0.39 is 17.2 Å². The fourth-order valence-corrected chi connectivity index (χ4v) is 2.82. The molecule has 2 aromatic carbocycles. The monoisotopic (exact) mass is 352 g/mol. The molecule has 0 heterocycles. The maximum atomic E-state index is 13.6. The average molecular weight is 353 g/mol. The lowest BCUT2D eigenvalue weighted by Crippen LogP contribution is -2.25. The number of rotatable bonds is 6. The van der Waals surface area contributed by atoms with E-state index in [-0.39, 0.29) is 12.4 Å². The van der Waals surface area contributed by atoms with Gasteiger partial charge in [0.1, 0.15) is 11.9 Å². The predicted octanol–water partition coefficient (Wildman–Crippen LogP) is 5.01. The summed E-state index contributed by atoms with van der Waals surface area (Å²) in [5, 5.41) is -0.182. The zero-order chi connectivity index (χ0) is 16.8. The van der Waals surface area contributed by atoms with Gasteiger partial charge < -0.3 is 4.74 Å². The summed E-state index contributed by atoms with van der Waals surface area (Å²) in [5.41, 5.74) is 1.60. The van der Waals surface area contributed by atoms with Gasteiger partial charge in [-0.05, 0) is 29.3 Å². The molecular weight excluding hydrogens is 335 g/mol. The Balaban J connectivity index is 2.26. The van der Waals surface area contributed by atoms with Crippen molar-refractivity contribution < 1.29 is 13.9 Å². The van der Waals surface area contributed by atoms with E-state index in [1.54, 1.807) is 13.0 Å². The zero-order valence-corrected chi connectivity index (χ0v) is 14.4. The Morgan fingerprint density at radius 1 is 1.26 bits per heavy atom. The van der Waals surface area contributed by atoms with E-state index in [0.29, 0.717) is 17.0 Å². The lowest BCUT2D eigenvalue weighted by Gasteiger charge is -2.24. The SMILES string of the molecule is CCC(=O)OC(Cc1ccccc1)C(S)c1cc(F)cc(Cl)c1. The second kappa shape index (κ2) is 8.37. The molecule has 0 aliphatic rings. The molecule has 0 spiro atoms. The zero-order valence-electron chi connectivity index (χ0n) is 12.7. The Kier molecular flexibility index (Phi) is 6.48. The summed E-state index contributed by atoms with van der Waals surface area (Å²) < 4.78 is 19.1. The average Bonchev–Trinajstić information content (AvgIpc) is 2.53. The van der Waals surface area contributed by atoms with Crippen molar-refractivity contribution in [1.29, 1.82) is 0 Å². The third-order valence-corrected chi connectivity index (χ3v) is 4.28. The lowest BCUT2D eigenvalue weighted by atomic mass is 10.0. The first-order chi connectivity index (χ1) is 11.0. The predicted molar refractivity (Wildman–Crippen MR) is 93.5 cm³/mol. The Morgan fingerprint density at radius 2 is 1.96 bits per heavy atom. The first kappa shape index (κ1) is 17.8.